The highest BCUT2D eigenvalue weighted by Crippen LogP contribution is 2.46. The van der Waals surface area contributed by atoms with Crippen molar-refractivity contribution < 1.29 is 0 Å². The third kappa shape index (κ3) is 5.58. The van der Waals surface area contributed by atoms with E-state index in [1.807, 2.05) is 0 Å². The molecule has 0 saturated carbocycles. The maximum atomic E-state index is 5.53. The molecule has 1 aliphatic rings. The SMILES string of the molecule is c1ccc(-c2c3ccccc3c(-c3cccc(-c4nc5ccccc5c5cc6c(cc45)-c4ccccc4Cc4ccccc4-c4ccccc4C6)c3)c3ccccc23)cc1. The average Bonchev–Trinajstić information content (AvgIpc) is 3.31. The number of rotatable bonds is 3. The molecule has 0 spiro atoms. The first-order valence-corrected chi connectivity index (χ1v) is 21.0. The highest BCUT2D eigenvalue weighted by molar-refractivity contribution is 6.21. The molecule has 10 aromatic carbocycles. The van der Waals surface area contributed by atoms with Crippen LogP contribution in [0.5, 0.6) is 0 Å². The molecule has 280 valence electrons. The number of hydrogen-bond donors (Lipinski definition) is 0. The first kappa shape index (κ1) is 34.4. The third-order valence-corrected chi connectivity index (χ3v) is 12.7. The highest BCUT2D eigenvalue weighted by Gasteiger charge is 2.22. The van der Waals surface area contributed by atoms with E-state index in [-0.39, 0.29) is 0 Å². The number of benzene rings is 10. The van der Waals surface area contributed by atoms with Gasteiger partial charge in [0.25, 0.3) is 0 Å². The molecule has 1 heteroatoms. The molecular formula is C59H39N. The Hall–Kier alpha value is -7.61. The maximum absolute atomic E-state index is 5.53. The number of aromatic nitrogens is 1. The summed E-state index contributed by atoms with van der Waals surface area (Å²) >= 11 is 0. The van der Waals surface area contributed by atoms with E-state index in [2.05, 4.69) is 212 Å². The molecule has 1 nitrogen and oxygen atoms in total. The second-order valence-electron chi connectivity index (χ2n) is 16.1. The summed E-state index contributed by atoms with van der Waals surface area (Å²) in [6.07, 6.45) is 1.68. The topological polar surface area (TPSA) is 12.9 Å². The second kappa shape index (κ2) is 14.0. The fraction of sp³-hybridized carbons (Fsp3) is 0.0339. The summed E-state index contributed by atoms with van der Waals surface area (Å²) in [6, 6.07) is 78.3. The van der Waals surface area contributed by atoms with Crippen LogP contribution in [0.4, 0.5) is 0 Å². The molecule has 1 heterocycles. The summed E-state index contributed by atoms with van der Waals surface area (Å²) in [7, 11) is 0. The number of pyridine rings is 1. The van der Waals surface area contributed by atoms with Crippen molar-refractivity contribution in [2.45, 2.75) is 12.8 Å². The second-order valence-corrected chi connectivity index (χ2v) is 16.1. The van der Waals surface area contributed by atoms with Gasteiger partial charge in [-0.3, -0.25) is 0 Å². The molecule has 12 rings (SSSR count). The molecule has 0 saturated heterocycles. The van der Waals surface area contributed by atoms with E-state index >= 15 is 0 Å². The Labute approximate surface area is 349 Å². The molecule has 60 heavy (non-hydrogen) atoms. The minimum absolute atomic E-state index is 0.824. The zero-order valence-electron chi connectivity index (χ0n) is 33.1. The molecule has 0 N–H and O–H groups in total. The van der Waals surface area contributed by atoms with Gasteiger partial charge >= 0.3 is 0 Å². The molecule has 0 atom stereocenters. The summed E-state index contributed by atoms with van der Waals surface area (Å²) in [4.78, 5) is 5.53. The van der Waals surface area contributed by atoms with Crippen molar-refractivity contribution in [3.63, 3.8) is 0 Å². The monoisotopic (exact) mass is 761 g/mol. The molecular weight excluding hydrogens is 723 g/mol. The van der Waals surface area contributed by atoms with Crippen LogP contribution in [0.1, 0.15) is 22.3 Å². The quantitative estimate of drug-likeness (QED) is 0.129. The number of hydrogen-bond acceptors (Lipinski definition) is 1. The van der Waals surface area contributed by atoms with Gasteiger partial charge in [-0.05, 0) is 131 Å². The van der Waals surface area contributed by atoms with Crippen molar-refractivity contribution in [1.29, 1.82) is 0 Å². The molecule has 11 aromatic rings. The van der Waals surface area contributed by atoms with Crippen molar-refractivity contribution >= 4 is 43.2 Å². The van der Waals surface area contributed by atoms with Gasteiger partial charge in [-0.2, -0.15) is 0 Å². The fourth-order valence-corrected chi connectivity index (χ4v) is 10.1. The van der Waals surface area contributed by atoms with Gasteiger partial charge in [0, 0.05) is 16.3 Å². The summed E-state index contributed by atoms with van der Waals surface area (Å²) in [5, 5.41) is 8.57. The van der Waals surface area contributed by atoms with Gasteiger partial charge < -0.3 is 0 Å². The Balaban J connectivity index is 1.12. The van der Waals surface area contributed by atoms with Crippen LogP contribution in [-0.2, 0) is 12.8 Å². The van der Waals surface area contributed by atoms with Crippen molar-refractivity contribution in [3.8, 4) is 55.8 Å². The maximum Gasteiger partial charge on any atom is 0.0788 e. The van der Waals surface area contributed by atoms with Crippen LogP contribution in [-0.4, -0.2) is 4.98 Å². The first-order valence-electron chi connectivity index (χ1n) is 21.0. The summed E-state index contributed by atoms with van der Waals surface area (Å²) in [5.41, 5.74) is 18.6. The van der Waals surface area contributed by atoms with Gasteiger partial charge in [-0.25, -0.2) is 4.98 Å². The number of para-hydroxylation sites is 1. The summed E-state index contributed by atoms with van der Waals surface area (Å²) in [5.74, 6) is 0. The third-order valence-electron chi connectivity index (χ3n) is 12.7. The fourth-order valence-electron chi connectivity index (χ4n) is 10.1. The highest BCUT2D eigenvalue weighted by atomic mass is 14.7. The van der Waals surface area contributed by atoms with Crippen LogP contribution in [0.2, 0.25) is 0 Å². The number of nitrogens with zero attached hydrogens (tertiary/aromatic N) is 1. The average molecular weight is 762 g/mol. The van der Waals surface area contributed by atoms with Crippen LogP contribution in [0.15, 0.2) is 212 Å². The lowest BCUT2D eigenvalue weighted by Gasteiger charge is -2.22. The lowest BCUT2D eigenvalue weighted by Crippen LogP contribution is -2.03. The molecule has 1 aliphatic carbocycles. The zero-order chi connectivity index (χ0) is 39.6. The predicted octanol–water partition coefficient (Wildman–Crippen LogP) is 15.5. The molecule has 0 aliphatic heterocycles. The van der Waals surface area contributed by atoms with E-state index in [4.69, 9.17) is 4.98 Å². The Bertz CT molecular complexity index is 3430. The Morgan fingerprint density at radius 1 is 0.267 bits per heavy atom. The van der Waals surface area contributed by atoms with Gasteiger partial charge in [0.1, 0.15) is 0 Å². The van der Waals surface area contributed by atoms with E-state index in [1.165, 1.54) is 104 Å². The van der Waals surface area contributed by atoms with Gasteiger partial charge in [0.15, 0.2) is 0 Å². The van der Waals surface area contributed by atoms with Gasteiger partial charge in [-0.1, -0.05) is 188 Å². The molecule has 0 unspecified atom stereocenters. The molecule has 0 bridgehead atoms. The largest absolute Gasteiger partial charge is 0.247 e. The first-order chi connectivity index (χ1) is 29.8. The Morgan fingerprint density at radius 3 is 1.33 bits per heavy atom. The lowest BCUT2D eigenvalue weighted by molar-refractivity contribution is 1.15. The Morgan fingerprint density at radius 2 is 0.717 bits per heavy atom. The van der Waals surface area contributed by atoms with Crippen LogP contribution < -0.4 is 0 Å². The molecule has 0 amide bonds. The van der Waals surface area contributed by atoms with E-state index in [9.17, 15) is 0 Å². The van der Waals surface area contributed by atoms with Crippen molar-refractivity contribution in [2.24, 2.45) is 0 Å². The predicted molar refractivity (Wildman–Crippen MR) is 253 cm³/mol. The normalized spacial score (nSPS) is 12.2. The minimum Gasteiger partial charge on any atom is -0.247 e. The Kier molecular flexibility index (Phi) is 8.06. The zero-order valence-corrected chi connectivity index (χ0v) is 33.1. The smallest absolute Gasteiger partial charge is 0.0788 e. The van der Waals surface area contributed by atoms with Crippen molar-refractivity contribution in [1.82, 2.24) is 4.98 Å². The molecule has 0 fully saturated rings. The minimum atomic E-state index is 0.824. The lowest BCUT2D eigenvalue weighted by atomic mass is 9.82. The standard InChI is InChI=1S/C59H39N/c1-2-17-38(18-3-1)57-49-28-10-12-30-51(49)58(52-31-13-11-29-50(52)57)42-22-16-23-43(35-42)59-55-37-53-44(36-54(55)48-27-14-15-32-56(48)60-59)34-41-21-5-8-25-46(41)45-24-7-4-19-39(45)33-40-20-6-9-26-47(40)53/h1-32,35-37H,33-34H2. The summed E-state index contributed by atoms with van der Waals surface area (Å²) < 4.78 is 0. The van der Waals surface area contributed by atoms with E-state index in [0.717, 1.165) is 29.6 Å². The van der Waals surface area contributed by atoms with Crippen LogP contribution in [0.3, 0.4) is 0 Å². The van der Waals surface area contributed by atoms with Crippen molar-refractivity contribution in [2.75, 3.05) is 0 Å². The van der Waals surface area contributed by atoms with Crippen LogP contribution >= 0.6 is 0 Å². The van der Waals surface area contributed by atoms with Gasteiger partial charge in [0.05, 0.1) is 11.2 Å². The van der Waals surface area contributed by atoms with Gasteiger partial charge in [-0.15, -0.1) is 0 Å². The van der Waals surface area contributed by atoms with Crippen LogP contribution in [0, 0.1) is 0 Å². The van der Waals surface area contributed by atoms with Crippen molar-refractivity contribution in [3.05, 3.63) is 235 Å². The molecule has 0 radical (unpaired) electrons. The van der Waals surface area contributed by atoms with E-state index < -0.39 is 0 Å². The van der Waals surface area contributed by atoms with Gasteiger partial charge in [0.2, 0.25) is 0 Å². The summed E-state index contributed by atoms with van der Waals surface area (Å²) in [6.45, 7) is 0. The van der Waals surface area contributed by atoms with E-state index in [0.29, 0.717) is 0 Å². The molecule has 1 aromatic heterocycles. The number of fused-ring (bicyclic) bond motifs is 11. The van der Waals surface area contributed by atoms with E-state index in [1.54, 1.807) is 0 Å². The van der Waals surface area contributed by atoms with Crippen LogP contribution in [0.25, 0.3) is 99.0 Å².